The molecular weight excluding hydrogens is 482 g/mol. The van der Waals surface area contributed by atoms with Gasteiger partial charge in [-0.2, -0.15) is 5.10 Å². The summed E-state index contributed by atoms with van der Waals surface area (Å²) in [6.07, 6.45) is 1.73. The monoisotopic (exact) mass is 509 g/mol. The summed E-state index contributed by atoms with van der Waals surface area (Å²) >= 11 is 1.59. The van der Waals surface area contributed by atoms with E-state index in [9.17, 15) is 8.42 Å². The van der Waals surface area contributed by atoms with Gasteiger partial charge in [0.15, 0.2) is 11.6 Å². The van der Waals surface area contributed by atoms with Crippen molar-refractivity contribution in [3.05, 3.63) is 52.7 Å². The number of benzene rings is 1. The van der Waals surface area contributed by atoms with Crippen LogP contribution in [0.5, 0.6) is 0 Å². The molecule has 0 aliphatic carbocycles. The van der Waals surface area contributed by atoms with Gasteiger partial charge in [-0.15, -0.1) is 11.3 Å². The number of nitrogens with one attached hydrogen (secondary N) is 2. The van der Waals surface area contributed by atoms with E-state index < -0.39 is 10.0 Å². The molecule has 0 atom stereocenters. The Morgan fingerprint density at radius 2 is 1.91 bits per heavy atom. The standard InChI is InChI=1S/C24H27N7O2S2/c1-6-35(32,33)31-13-17(12-30(4)5)18-8-7-16(11-20(18)31)22-26-23(25-21-9-14(2)28-29-21)19-10-15(3)34-24(19)27-22/h7-11,13H,6,12H2,1-5H3,(H2,25,26,27,28,29). The maximum absolute atomic E-state index is 12.9. The molecule has 35 heavy (non-hydrogen) atoms. The molecular formula is C24H27N7O2S2. The number of hydrogen-bond acceptors (Lipinski definition) is 8. The van der Waals surface area contributed by atoms with Gasteiger partial charge in [0.2, 0.25) is 10.0 Å². The van der Waals surface area contributed by atoms with Gasteiger partial charge in [0.1, 0.15) is 10.6 Å². The van der Waals surface area contributed by atoms with Gasteiger partial charge < -0.3 is 10.2 Å². The maximum atomic E-state index is 12.9. The van der Waals surface area contributed by atoms with Gasteiger partial charge in [-0.3, -0.25) is 5.10 Å². The van der Waals surface area contributed by atoms with Gasteiger partial charge in [0, 0.05) is 40.3 Å². The molecule has 4 heterocycles. The normalized spacial score (nSPS) is 12.3. The average molecular weight is 510 g/mol. The van der Waals surface area contributed by atoms with E-state index in [1.165, 1.54) is 3.97 Å². The molecule has 0 aliphatic heterocycles. The highest BCUT2D eigenvalue weighted by Crippen LogP contribution is 2.34. The molecule has 2 N–H and O–H groups in total. The Morgan fingerprint density at radius 3 is 2.60 bits per heavy atom. The molecule has 0 spiro atoms. The number of fused-ring (bicyclic) bond motifs is 2. The van der Waals surface area contributed by atoms with Crippen LogP contribution in [-0.2, 0) is 16.6 Å². The number of nitrogens with zero attached hydrogens (tertiary/aromatic N) is 5. The van der Waals surface area contributed by atoms with Crippen molar-refractivity contribution in [2.45, 2.75) is 27.3 Å². The third kappa shape index (κ3) is 4.42. The van der Waals surface area contributed by atoms with Gasteiger partial charge in [-0.05, 0) is 52.6 Å². The highest BCUT2D eigenvalue weighted by molar-refractivity contribution is 7.90. The van der Waals surface area contributed by atoms with Crippen LogP contribution < -0.4 is 5.32 Å². The molecule has 0 amide bonds. The zero-order chi connectivity index (χ0) is 24.9. The van der Waals surface area contributed by atoms with Crippen LogP contribution in [0.2, 0.25) is 0 Å². The number of aromatic nitrogens is 5. The Balaban J connectivity index is 1.69. The van der Waals surface area contributed by atoms with Crippen molar-refractivity contribution in [3.63, 3.8) is 0 Å². The lowest BCUT2D eigenvalue weighted by molar-refractivity contribution is 0.404. The first kappa shape index (κ1) is 23.5. The van der Waals surface area contributed by atoms with E-state index in [1.54, 1.807) is 24.5 Å². The highest BCUT2D eigenvalue weighted by Gasteiger charge is 2.20. The first-order valence-corrected chi connectivity index (χ1v) is 13.7. The lowest BCUT2D eigenvalue weighted by Crippen LogP contribution is -2.14. The van der Waals surface area contributed by atoms with Gasteiger partial charge in [0.25, 0.3) is 0 Å². The van der Waals surface area contributed by atoms with Crippen molar-refractivity contribution in [1.29, 1.82) is 0 Å². The Hall–Kier alpha value is -3.28. The van der Waals surface area contributed by atoms with Crippen LogP contribution >= 0.6 is 11.3 Å². The van der Waals surface area contributed by atoms with Crippen molar-refractivity contribution in [2.24, 2.45) is 0 Å². The zero-order valence-electron chi connectivity index (χ0n) is 20.2. The third-order valence-electron chi connectivity index (χ3n) is 5.73. The van der Waals surface area contributed by atoms with Crippen LogP contribution in [0.4, 0.5) is 11.6 Å². The number of thiophene rings is 1. The summed E-state index contributed by atoms with van der Waals surface area (Å²) in [5, 5.41) is 12.3. The van der Waals surface area contributed by atoms with E-state index in [-0.39, 0.29) is 5.75 Å². The topological polar surface area (TPSA) is 109 Å². The highest BCUT2D eigenvalue weighted by atomic mass is 32.2. The fourth-order valence-electron chi connectivity index (χ4n) is 4.11. The molecule has 0 fully saturated rings. The number of aryl methyl sites for hydroxylation is 2. The van der Waals surface area contributed by atoms with E-state index in [2.05, 4.69) is 21.6 Å². The molecule has 182 valence electrons. The number of anilines is 2. The molecule has 5 rings (SSSR count). The Morgan fingerprint density at radius 1 is 1.11 bits per heavy atom. The third-order valence-corrected chi connectivity index (χ3v) is 8.31. The second-order valence-electron chi connectivity index (χ2n) is 8.85. The van der Waals surface area contributed by atoms with Crippen molar-refractivity contribution in [1.82, 2.24) is 29.0 Å². The molecule has 5 aromatic rings. The van der Waals surface area contributed by atoms with Crippen molar-refractivity contribution in [2.75, 3.05) is 25.2 Å². The average Bonchev–Trinajstić information content (AvgIpc) is 3.49. The summed E-state index contributed by atoms with van der Waals surface area (Å²) in [6, 6.07) is 9.75. The minimum atomic E-state index is -3.48. The maximum Gasteiger partial charge on any atom is 0.238 e. The lowest BCUT2D eigenvalue weighted by Gasteiger charge is -2.09. The van der Waals surface area contributed by atoms with Gasteiger partial charge in [-0.1, -0.05) is 12.1 Å². The fourth-order valence-corrected chi connectivity index (χ4v) is 6.01. The minimum absolute atomic E-state index is 0.0104. The molecule has 4 aromatic heterocycles. The van der Waals surface area contributed by atoms with E-state index in [4.69, 9.17) is 9.97 Å². The first-order chi connectivity index (χ1) is 16.6. The Bertz CT molecular complexity index is 1660. The molecule has 0 saturated carbocycles. The van der Waals surface area contributed by atoms with Crippen molar-refractivity contribution < 1.29 is 8.42 Å². The van der Waals surface area contributed by atoms with E-state index >= 15 is 0 Å². The van der Waals surface area contributed by atoms with E-state index in [0.29, 0.717) is 29.5 Å². The minimum Gasteiger partial charge on any atom is -0.323 e. The predicted molar refractivity (Wildman–Crippen MR) is 142 cm³/mol. The van der Waals surface area contributed by atoms with Crippen LogP contribution in [0.1, 0.15) is 23.1 Å². The second-order valence-corrected chi connectivity index (χ2v) is 12.2. The molecule has 11 heteroatoms. The first-order valence-electron chi connectivity index (χ1n) is 11.2. The van der Waals surface area contributed by atoms with E-state index in [1.807, 2.05) is 57.1 Å². The van der Waals surface area contributed by atoms with E-state index in [0.717, 1.165) is 37.3 Å². The summed E-state index contributed by atoms with van der Waals surface area (Å²) in [7, 11) is 0.450. The Kier molecular flexibility index (Phi) is 5.86. The summed E-state index contributed by atoms with van der Waals surface area (Å²) in [4.78, 5) is 13.6. The summed E-state index contributed by atoms with van der Waals surface area (Å²) in [5.74, 6) is 1.86. The number of hydrogen-bond donors (Lipinski definition) is 2. The van der Waals surface area contributed by atoms with Crippen LogP contribution in [-0.4, -0.2) is 57.3 Å². The summed E-state index contributed by atoms with van der Waals surface area (Å²) in [5.41, 5.74) is 3.27. The molecule has 0 aliphatic rings. The zero-order valence-corrected chi connectivity index (χ0v) is 21.9. The van der Waals surface area contributed by atoms with Crippen LogP contribution in [0.3, 0.4) is 0 Å². The van der Waals surface area contributed by atoms with Crippen molar-refractivity contribution in [3.8, 4) is 11.4 Å². The fraction of sp³-hybridized carbons (Fsp3) is 0.292. The lowest BCUT2D eigenvalue weighted by atomic mass is 10.1. The largest absolute Gasteiger partial charge is 0.323 e. The number of H-pyrrole nitrogens is 1. The molecule has 9 nitrogen and oxygen atoms in total. The quantitative estimate of drug-likeness (QED) is 0.329. The summed E-state index contributed by atoms with van der Waals surface area (Å²) in [6.45, 7) is 6.26. The van der Waals surface area contributed by atoms with Crippen LogP contribution in [0.25, 0.3) is 32.5 Å². The molecule has 0 bridgehead atoms. The number of rotatable bonds is 7. The second kappa shape index (κ2) is 8.74. The van der Waals surface area contributed by atoms with Gasteiger partial charge in [0.05, 0.1) is 16.7 Å². The van der Waals surface area contributed by atoms with Crippen LogP contribution in [0, 0.1) is 13.8 Å². The molecule has 0 saturated heterocycles. The van der Waals surface area contributed by atoms with Crippen molar-refractivity contribution >= 4 is 54.1 Å². The van der Waals surface area contributed by atoms with Gasteiger partial charge >= 0.3 is 0 Å². The van der Waals surface area contributed by atoms with Crippen LogP contribution in [0.15, 0.2) is 36.5 Å². The number of aromatic amines is 1. The Labute approximate surface area is 207 Å². The predicted octanol–water partition coefficient (Wildman–Crippen LogP) is 4.66. The van der Waals surface area contributed by atoms with Gasteiger partial charge in [-0.25, -0.2) is 22.4 Å². The molecule has 1 aromatic carbocycles. The molecule has 0 radical (unpaired) electrons. The SMILES string of the molecule is CCS(=O)(=O)n1cc(CN(C)C)c2ccc(-c3nc(Nc4cc(C)[nH]n4)c4cc(C)sc4n3)cc21. The smallest absolute Gasteiger partial charge is 0.238 e. The molecule has 0 unspecified atom stereocenters. The summed E-state index contributed by atoms with van der Waals surface area (Å²) < 4.78 is 27.2.